The van der Waals surface area contributed by atoms with Crippen LogP contribution >= 0.6 is 12.4 Å². The molecule has 6 nitrogen and oxygen atoms in total. The Bertz CT molecular complexity index is 849. The molecule has 0 spiro atoms. The lowest BCUT2D eigenvalue weighted by molar-refractivity contribution is 0.0693. The van der Waals surface area contributed by atoms with Gasteiger partial charge in [0.2, 0.25) is 5.43 Å². The average Bonchev–Trinajstić information content (AvgIpc) is 2.62. The molecule has 0 radical (unpaired) electrons. The molecular formula is C18H22ClFN4O2. The minimum absolute atomic E-state index is 0. The zero-order valence-corrected chi connectivity index (χ0v) is 15.6. The minimum Gasteiger partial charge on any atom is -0.337 e. The topological polar surface area (TPSA) is 67.2 Å². The lowest BCUT2D eigenvalue weighted by Gasteiger charge is -2.31. The van der Waals surface area contributed by atoms with Gasteiger partial charge in [0.1, 0.15) is 11.5 Å². The molecule has 1 aliphatic rings. The summed E-state index contributed by atoms with van der Waals surface area (Å²) in [6.45, 7) is 3.33. The first-order valence-corrected chi connectivity index (χ1v) is 8.33. The molecule has 2 heterocycles. The number of nitrogens with one attached hydrogen (secondary N) is 1. The van der Waals surface area contributed by atoms with Crippen LogP contribution in [-0.2, 0) is 0 Å². The number of benzene rings is 1. The van der Waals surface area contributed by atoms with Gasteiger partial charge in [-0.1, -0.05) is 12.1 Å². The van der Waals surface area contributed by atoms with Crippen LogP contribution in [-0.4, -0.2) is 46.8 Å². The quantitative estimate of drug-likeness (QED) is 0.883. The van der Waals surface area contributed by atoms with Crippen molar-refractivity contribution in [2.24, 2.45) is 0 Å². The van der Waals surface area contributed by atoms with E-state index in [1.165, 1.54) is 16.8 Å². The zero-order valence-electron chi connectivity index (χ0n) is 14.7. The van der Waals surface area contributed by atoms with E-state index in [1.807, 2.05) is 0 Å². The number of nitrogens with zero attached hydrogens (tertiary/aromatic N) is 3. The van der Waals surface area contributed by atoms with Crippen LogP contribution in [0.15, 0.2) is 35.1 Å². The number of aryl methyl sites for hydroxylation is 1. The smallest absolute Gasteiger partial charge is 0.278 e. The lowest BCUT2D eigenvalue weighted by atomic mass is 10.1. The van der Waals surface area contributed by atoms with E-state index in [4.69, 9.17) is 0 Å². The molecule has 1 saturated heterocycles. The standard InChI is InChI=1S/C18H21FN4O2.ClH/c1-12-11-16(24)17(18(25)22(2)13-7-9-20-10-8-13)21-23(12)15-6-4-3-5-14(15)19;/h3-6,11,13,20H,7-10H2,1-2H3;1H. The number of piperidine rings is 1. The van der Waals surface area contributed by atoms with Gasteiger partial charge in [0.05, 0.1) is 0 Å². The third-order valence-electron chi connectivity index (χ3n) is 4.57. The van der Waals surface area contributed by atoms with Gasteiger partial charge in [-0.3, -0.25) is 9.59 Å². The van der Waals surface area contributed by atoms with Gasteiger partial charge in [0.25, 0.3) is 5.91 Å². The van der Waals surface area contributed by atoms with Crippen LogP contribution in [0.1, 0.15) is 29.0 Å². The third kappa shape index (κ3) is 3.94. The number of carbonyl (C=O) groups excluding carboxylic acids is 1. The largest absolute Gasteiger partial charge is 0.337 e. The molecule has 140 valence electrons. The summed E-state index contributed by atoms with van der Waals surface area (Å²) < 4.78 is 15.4. The van der Waals surface area contributed by atoms with Crippen molar-refractivity contribution in [3.63, 3.8) is 0 Å². The van der Waals surface area contributed by atoms with Gasteiger partial charge >= 0.3 is 0 Å². The first kappa shape index (κ1) is 20.1. The number of hydrogen-bond donors (Lipinski definition) is 1. The van der Waals surface area contributed by atoms with Crippen molar-refractivity contribution in [1.29, 1.82) is 0 Å². The van der Waals surface area contributed by atoms with Crippen LogP contribution in [0.5, 0.6) is 0 Å². The average molecular weight is 381 g/mol. The first-order chi connectivity index (χ1) is 12.0. The van der Waals surface area contributed by atoms with E-state index >= 15 is 0 Å². The molecule has 1 fully saturated rings. The SMILES string of the molecule is Cc1cc(=O)c(C(=O)N(C)C2CCNCC2)nn1-c1ccccc1F.Cl. The highest BCUT2D eigenvalue weighted by Gasteiger charge is 2.26. The molecule has 2 aromatic rings. The highest BCUT2D eigenvalue weighted by molar-refractivity contribution is 5.92. The van der Waals surface area contributed by atoms with E-state index in [0.29, 0.717) is 5.69 Å². The molecule has 0 bridgehead atoms. The summed E-state index contributed by atoms with van der Waals surface area (Å²) in [6.07, 6.45) is 1.66. The molecule has 1 N–H and O–H groups in total. The lowest BCUT2D eigenvalue weighted by Crippen LogP contribution is -2.45. The summed E-state index contributed by atoms with van der Waals surface area (Å²) in [5, 5.41) is 7.42. The maximum absolute atomic E-state index is 14.1. The predicted octanol–water partition coefficient (Wildman–Crippen LogP) is 1.93. The molecule has 8 heteroatoms. The van der Waals surface area contributed by atoms with Gasteiger partial charge in [0.15, 0.2) is 5.69 Å². The summed E-state index contributed by atoms with van der Waals surface area (Å²) in [4.78, 5) is 26.7. The van der Waals surface area contributed by atoms with Crippen LogP contribution in [0.25, 0.3) is 5.69 Å². The van der Waals surface area contributed by atoms with Gasteiger partial charge in [-0.05, 0) is 45.0 Å². The number of hydrogen-bond acceptors (Lipinski definition) is 4. The van der Waals surface area contributed by atoms with Crippen molar-refractivity contribution in [2.75, 3.05) is 20.1 Å². The Hall–Kier alpha value is -2.25. The molecule has 1 aromatic heterocycles. The molecule has 0 aliphatic carbocycles. The number of rotatable bonds is 3. The molecule has 0 saturated carbocycles. The summed E-state index contributed by atoms with van der Waals surface area (Å²) in [5.41, 5.74) is 0.0421. The fourth-order valence-electron chi connectivity index (χ4n) is 3.09. The molecule has 26 heavy (non-hydrogen) atoms. The van der Waals surface area contributed by atoms with Crippen LogP contribution in [0.2, 0.25) is 0 Å². The second-order valence-electron chi connectivity index (χ2n) is 6.26. The highest BCUT2D eigenvalue weighted by atomic mass is 35.5. The van der Waals surface area contributed by atoms with Crippen molar-refractivity contribution < 1.29 is 9.18 Å². The third-order valence-corrected chi connectivity index (χ3v) is 4.57. The number of aromatic nitrogens is 2. The van der Waals surface area contributed by atoms with Crippen molar-refractivity contribution in [3.8, 4) is 5.69 Å². The van der Waals surface area contributed by atoms with Gasteiger partial charge in [-0.25, -0.2) is 9.07 Å². The maximum Gasteiger partial charge on any atom is 0.278 e. The number of carbonyl (C=O) groups is 1. The normalized spacial score (nSPS) is 14.6. The Morgan fingerprint density at radius 3 is 2.62 bits per heavy atom. The van der Waals surface area contributed by atoms with Crippen LogP contribution in [0, 0.1) is 12.7 Å². The highest BCUT2D eigenvalue weighted by Crippen LogP contribution is 2.15. The van der Waals surface area contributed by atoms with Crippen LogP contribution in [0.3, 0.4) is 0 Å². The summed E-state index contributed by atoms with van der Waals surface area (Å²) in [6, 6.07) is 7.52. The van der Waals surface area contributed by atoms with Gasteiger partial charge in [-0.2, -0.15) is 5.10 Å². The van der Waals surface area contributed by atoms with E-state index in [-0.39, 0.29) is 29.8 Å². The van der Waals surface area contributed by atoms with Crippen molar-refractivity contribution in [2.45, 2.75) is 25.8 Å². The van der Waals surface area contributed by atoms with Gasteiger partial charge < -0.3 is 10.2 Å². The Morgan fingerprint density at radius 1 is 1.31 bits per heavy atom. The fourth-order valence-corrected chi connectivity index (χ4v) is 3.09. The predicted molar refractivity (Wildman–Crippen MR) is 99.8 cm³/mol. The maximum atomic E-state index is 14.1. The first-order valence-electron chi connectivity index (χ1n) is 8.33. The number of amides is 1. The number of para-hydroxylation sites is 1. The van der Waals surface area contributed by atoms with E-state index in [1.54, 1.807) is 37.1 Å². The molecule has 0 atom stereocenters. The zero-order chi connectivity index (χ0) is 18.0. The molecular weight excluding hydrogens is 359 g/mol. The molecule has 1 aromatic carbocycles. The Labute approximate surface area is 157 Å². The van der Waals surface area contributed by atoms with E-state index in [9.17, 15) is 14.0 Å². The Kier molecular flexibility index (Phi) is 6.50. The summed E-state index contributed by atoms with van der Waals surface area (Å²) in [5.74, 6) is -0.895. The van der Waals surface area contributed by atoms with Gasteiger partial charge in [-0.15, -0.1) is 12.4 Å². The van der Waals surface area contributed by atoms with Crippen molar-refractivity contribution in [3.05, 3.63) is 57.8 Å². The monoisotopic (exact) mass is 380 g/mol. The molecule has 1 aliphatic heterocycles. The molecule has 3 rings (SSSR count). The fraction of sp³-hybridized carbons (Fsp3) is 0.389. The second kappa shape index (κ2) is 8.42. The number of halogens is 2. The molecule has 0 unspecified atom stereocenters. The van der Waals surface area contributed by atoms with E-state index in [0.717, 1.165) is 25.9 Å². The van der Waals surface area contributed by atoms with Crippen LogP contribution < -0.4 is 10.7 Å². The summed E-state index contributed by atoms with van der Waals surface area (Å²) in [7, 11) is 1.69. The Morgan fingerprint density at radius 2 is 1.96 bits per heavy atom. The van der Waals surface area contributed by atoms with E-state index < -0.39 is 17.2 Å². The Balaban J connectivity index is 0.00000243. The van der Waals surface area contributed by atoms with Crippen molar-refractivity contribution >= 4 is 18.3 Å². The van der Waals surface area contributed by atoms with E-state index in [2.05, 4.69) is 10.4 Å². The molecule has 1 amide bonds. The van der Waals surface area contributed by atoms with Crippen LogP contribution in [0.4, 0.5) is 4.39 Å². The minimum atomic E-state index is -0.466. The van der Waals surface area contributed by atoms with Gasteiger partial charge in [0, 0.05) is 24.8 Å². The second-order valence-corrected chi connectivity index (χ2v) is 6.26. The van der Waals surface area contributed by atoms with Crippen molar-refractivity contribution in [1.82, 2.24) is 20.0 Å². The summed E-state index contributed by atoms with van der Waals surface area (Å²) >= 11 is 0.